The lowest BCUT2D eigenvalue weighted by molar-refractivity contribution is -0.118. The molecule has 0 aliphatic heterocycles. The van der Waals surface area contributed by atoms with E-state index >= 15 is 0 Å². The van der Waals surface area contributed by atoms with Crippen LogP contribution in [-0.2, 0) is 4.79 Å². The van der Waals surface area contributed by atoms with Gasteiger partial charge >= 0.3 is 0 Å². The summed E-state index contributed by atoms with van der Waals surface area (Å²) < 4.78 is 14.7. The van der Waals surface area contributed by atoms with Crippen LogP contribution in [0.1, 0.15) is 17.2 Å². The van der Waals surface area contributed by atoms with Crippen LogP contribution in [0, 0.1) is 12.7 Å². The lowest BCUT2D eigenvalue weighted by atomic mass is 10.0. The van der Waals surface area contributed by atoms with E-state index in [1.807, 2.05) is 25.1 Å². The fourth-order valence-corrected chi connectivity index (χ4v) is 2.32. The molecule has 2 aromatic rings. The maximum Gasteiger partial charge on any atom is 0.244 e. The molecule has 0 aliphatic carbocycles. The lowest BCUT2D eigenvalue weighted by Crippen LogP contribution is -2.28. The van der Waals surface area contributed by atoms with E-state index in [2.05, 4.69) is 21.2 Å². The van der Waals surface area contributed by atoms with Crippen LogP contribution >= 0.6 is 15.9 Å². The average molecular weight is 337 g/mol. The van der Waals surface area contributed by atoms with E-state index in [0.29, 0.717) is 5.69 Å². The monoisotopic (exact) mass is 336 g/mol. The molecule has 0 aromatic heterocycles. The Morgan fingerprint density at radius 2 is 2.00 bits per heavy atom. The molecule has 0 fully saturated rings. The number of carbonyl (C=O) groups excluding carboxylic acids is 1. The van der Waals surface area contributed by atoms with Gasteiger partial charge in [-0.3, -0.25) is 4.79 Å². The first-order valence-corrected chi connectivity index (χ1v) is 6.85. The van der Waals surface area contributed by atoms with Crippen molar-refractivity contribution in [2.24, 2.45) is 5.73 Å². The Balaban J connectivity index is 2.40. The number of hydrogen-bond donors (Lipinski definition) is 2. The van der Waals surface area contributed by atoms with E-state index in [9.17, 15) is 9.18 Å². The van der Waals surface area contributed by atoms with E-state index < -0.39 is 17.8 Å². The van der Waals surface area contributed by atoms with Crippen LogP contribution in [0.4, 0.5) is 10.1 Å². The van der Waals surface area contributed by atoms with Crippen LogP contribution in [0.25, 0.3) is 0 Å². The first-order valence-electron chi connectivity index (χ1n) is 6.05. The van der Waals surface area contributed by atoms with Gasteiger partial charge in [-0.15, -0.1) is 0 Å². The minimum Gasteiger partial charge on any atom is -0.369 e. The maximum absolute atomic E-state index is 13.9. The second-order valence-electron chi connectivity index (χ2n) is 4.48. The topological polar surface area (TPSA) is 55.1 Å². The van der Waals surface area contributed by atoms with Gasteiger partial charge in [0.1, 0.15) is 11.9 Å². The molecule has 1 unspecified atom stereocenters. The largest absolute Gasteiger partial charge is 0.369 e. The van der Waals surface area contributed by atoms with Gasteiger partial charge in [0.15, 0.2) is 0 Å². The summed E-state index contributed by atoms with van der Waals surface area (Å²) in [7, 11) is 0. The van der Waals surface area contributed by atoms with Gasteiger partial charge in [0, 0.05) is 15.7 Å². The highest BCUT2D eigenvalue weighted by molar-refractivity contribution is 9.10. The highest BCUT2D eigenvalue weighted by Gasteiger charge is 2.22. The SMILES string of the molecule is Cc1ccc(F)c(C(Nc2ccccc2Br)C(N)=O)c1. The summed E-state index contributed by atoms with van der Waals surface area (Å²) in [5.41, 5.74) is 7.19. The lowest BCUT2D eigenvalue weighted by Gasteiger charge is -2.19. The van der Waals surface area contributed by atoms with Crippen LogP contribution in [0.3, 0.4) is 0 Å². The van der Waals surface area contributed by atoms with E-state index in [-0.39, 0.29) is 5.56 Å². The Hall–Kier alpha value is -1.88. The van der Waals surface area contributed by atoms with Crippen molar-refractivity contribution in [3.8, 4) is 0 Å². The summed E-state index contributed by atoms with van der Waals surface area (Å²) in [6, 6.07) is 11.0. The number of para-hydroxylation sites is 1. The molecule has 0 spiro atoms. The summed E-state index contributed by atoms with van der Waals surface area (Å²) in [5.74, 6) is -1.09. The summed E-state index contributed by atoms with van der Waals surface area (Å²) in [4.78, 5) is 11.7. The Bertz CT molecular complexity index is 646. The van der Waals surface area contributed by atoms with Gasteiger partial charge in [0.25, 0.3) is 0 Å². The van der Waals surface area contributed by atoms with Crippen LogP contribution < -0.4 is 11.1 Å². The van der Waals surface area contributed by atoms with Gasteiger partial charge in [0.05, 0.1) is 0 Å². The van der Waals surface area contributed by atoms with E-state index in [0.717, 1.165) is 10.0 Å². The number of amides is 1. The highest BCUT2D eigenvalue weighted by atomic mass is 79.9. The third-order valence-electron chi connectivity index (χ3n) is 2.92. The Kier molecular flexibility index (Phi) is 4.39. The molecule has 0 aliphatic rings. The predicted molar refractivity (Wildman–Crippen MR) is 80.8 cm³/mol. The molecule has 5 heteroatoms. The number of nitrogens with two attached hydrogens (primary N) is 1. The van der Waals surface area contributed by atoms with Crippen molar-refractivity contribution in [1.82, 2.24) is 0 Å². The minimum atomic E-state index is -0.923. The summed E-state index contributed by atoms with van der Waals surface area (Å²) >= 11 is 3.37. The third kappa shape index (κ3) is 3.17. The molecule has 2 aromatic carbocycles. The second kappa shape index (κ2) is 6.05. The van der Waals surface area contributed by atoms with Crippen molar-refractivity contribution < 1.29 is 9.18 Å². The number of anilines is 1. The van der Waals surface area contributed by atoms with Crippen molar-refractivity contribution in [2.75, 3.05) is 5.32 Å². The number of carbonyl (C=O) groups is 1. The molecule has 0 bridgehead atoms. The molecule has 3 nitrogen and oxygen atoms in total. The Morgan fingerprint density at radius 3 is 2.65 bits per heavy atom. The summed E-state index contributed by atoms with van der Waals surface area (Å²) in [6.45, 7) is 1.83. The van der Waals surface area contributed by atoms with Crippen LogP contribution in [0.2, 0.25) is 0 Å². The summed E-state index contributed by atoms with van der Waals surface area (Å²) in [5, 5.41) is 2.97. The van der Waals surface area contributed by atoms with Crippen molar-refractivity contribution in [1.29, 1.82) is 0 Å². The van der Waals surface area contributed by atoms with Crippen LogP contribution in [0.5, 0.6) is 0 Å². The number of aryl methyl sites for hydroxylation is 1. The zero-order valence-corrected chi connectivity index (χ0v) is 12.4. The third-order valence-corrected chi connectivity index (χ3v) is 3.61. The highest BCUT2D eigenvalue weighted by Crippen LogP contribution is 2.27. The van der Waals surface area contributed by atoms with Gasteiger partial charge in [-0.1, -0.05) is 29.8 Å². The molecule has 0 saturated heterocycles. The van der Waals surface area contributed by atoms with Gasteiger partial charge in [-0.2, -0.15) is 0 Å². The first kappa shape index (κ1) is 14.5. The number of halogens is 2. The minimum absolute atomic E-state index is 0.244. The second-order valence-corrected chi connectivity index (χ2v) is 5.34. The quantitative estimate of drug-likeness (QED) is 0.897. The van der Waals surface area contributed by atoms with Gasteiger partial charge in [-0.05, 0) is 41.1 Å². The van der Waals surface area contributed by atoms with E-state index in [1.165, 1.54) is 6.07 Å². The van der Waals surface area contributed by atoms with Gasteiger partial charge in [-0.25, -0.2) is 4.39 Å². The fourth-order valence-electron chi connectivity index (χ4n) is 1.92. The van der Waals surface area contributed by atoms with Crippen LogP contribution in [-0.4, -0.2) is 5.91 Å². The summed E-state index contributed by atoms with van der Waals surface area (Å²) in [6.07, 6.45) is 0. The van der Waals surface area contributed by atoms with Gasteiger partial charge < -0.3 is 11.1 Å². The van der Waals surface area contributed by atoms with E-state index in [1.54, 1.807) is 18.2 Å². The number of primary amides is 1. The molecule has 0 radical (unpaired) electrons. The molecule has 2 rings (SSSR count). The normalized spacial score (nSPS) is 11.9. The van der Waals surface area contributed by atoms with Gasteiger partial charge in [0.2, 0.25) is 5.91 Å². The zero-order chi connectivity index (χ0) is 14.7. The Morgan fingerprint density at radius 1 is 1.30 bits per heavy atom. The zero-order valence-electron chi connectivity index (χ0n) is 10.9. The molecule has 20 heavy (non-hydrogen) atoms. The molecule has 1 atom stereocenters. The van der Waals surface area contributed by atoms with E-state index in [4.69, 9.17) is 5.73 Å². The average Bonchev–Trinajstić information content (AvgIpc) is 2.40. The number of rotatable bonds is 4. The first-order chi connectivity index (χ1) is 9.49. The number of hydrogen-bond acceptors (Lipinski definition) is 2. The maximum atomic E-state index is 13.9. The standard InChI is InChI=1S/C15H14BrFN2O/c1-9-6-7-12(17)10(8-9)14(15(18)20)19-13-5-3-2-4-11(13)16/h2-8,14,19H,1H3,(H2,18,20). The number of nitrogens with one attached hydrogen (secondary N) is 1. The molecular formula is C15H14BrFN2O. The molecule has 0 heterocycles. The van der Waals surface area contributed by atoms with Crippen LogP contribution in [0.15, 0.2) is 46.9 Å². The molecule has 3 N–H and O–H groups in total. The molecule has 1 amide bonds. The molecule has 0 saturated carbocycles. The van der Waals surface area contributed by atoms with Crippen molar-refractivity contribution in [2.45, 2.75) is 13.0 Å². The number of benzene rings is 2. The molecule has 104 valence electrons. The predicted octanol–water partition coefficient (Wildman–Crippen LogP) is 3.54. The Labute approximate surface area is 125 Å². The smallest absolute Gasteiger partial charge is 0.244 e. The molecular weight excluding hydrogens is 323 g/mol. The van der Waals surface area contributed by atoms with Crippen molar-refractivity contribution in [3.63, 3.8) is 0 Å². The van der Waals surface area contributed by atoms with Crippen molar-refractivity contribution in [3.05, 3.63) is 63.9 Å². The van der Waals surface area contributed by atoms with Crippen molar-refractivity contribution >= 4 is 27.5 Å². The fraction of sp³-hybridized carbons (Fsp3) is 0.133.